The van der Waals surface area contributed by atoms with Gasteiger partial charge in [-0.25, -0.2) is 4.39 Å². The van der Waals surface area contributed by atoms with Crippen LogP contribution in [0.3, 0.4) is 0 Å². The second-order valence-corrected chi connectivity index (χ2v) is 5.51. The van der Waals surface area contributed by atoms with Gasteiger partial charge in [-0.2, -0.15) is 0 Å². The van der Waals surface area contributed by atoms with Crippen molar-refractivity contribution in [2.75, 3.05) is 20.2 Å². The maximum Gasteiger partial charge on any atom is 0.128 e. The van der Waals surface area contributed by atoms with E-state index in [4.69, 9.17) is 16.3 Å². The average molecular weight is 288 g/mol. The number of hydrogen-bond acceptors (Lipinski definition) is 2. The van der Waals surface area contributed by atoms with Crippen LogP contribution in [0, 0.1) is 5.82 Å². The lowest BCUT2D eigenvalue weighted by Gasteiger charge is -2.20. The van der Waals surface area contributed by atoms with Crippen LogP contribution in [-0.4, -0.2) is 31.1 Å². The largest absolute Gasteiger partial charge is 0.377 e. The molecule has 2 nitrogen and oxygen atoms in total. The van der Waals surface area contributed by atoms with Gasteiger partial charge in [-0.15, -0.1) is 0 Å². The number of halogens is 2. The van der Waals surface area contributed by atoms with Gasteiger partial charge in [-0.05, 0) is 58.5 Å². The highest BCUT2D eigenvalue weighted by Gasteiger charge is 2.04. The van der Waals surface area contributed by atoms with Crippen molar-refractivity contribution in [2.45, 2.75) is 39.3 Å². The molecule has 0 fully saturated rings. The van der Waals surface area contributed by atoms with Gasteiger partial charge in [0, 0.05) is 23.2 Å². The van der Waals surface area contributed by atoms with Crippen LogP contribution in [0.2, 0.25) is 5.02 Å². The Morgan fingerprint density at radius 1 is 1.32 bits per heavy atom. The van der Waals surface area contributed by atoms with Crippen molar-refractivity contribution >= 4 is 11.6 Å². The molecule has 0 atom stereocenters. The highest BCUT2D eigenvalue weighted by Crippen LogP contribution is 2.15. The predicted octanol–water partition coefficient (Wildman–Crippen LogP) is 4.12. The average Bonchev–Trinajstić information content (AvgIpc) is 2.37. The van der Waals surface area contributed by atoms with Crippen LogP contribution in [0.15, 0.2) is 18.2 Å². The summed E-state index contributed by atoms with van der Waals surface area (Å²) in [7, 11) is 2.12. The number of ether oxygens (including phenoxy) is 1. The van der Waals surface area contributed by atoms with E-state index >= 15 is 0 Å². The summed E-state index contributed by atoms with van der Waals surface area (Å²) in [6, 6.07) is 5.10. The fourth-order valence-corrected chi connectivity index (χ4v) is 1.85. The normalized spacial score (nSPS) is 11.5. The molecule has 0 radical (unpaired) electrons. The number of benzene rings is 1. The highest BCUT2D eigenvalue weighted by atomic mass is 35.5. The van der Waals surface area contributed by atoms with E-state index in [9.17, 15) is 4.39 Å². The Balaban J connectivity index is 2.16. The first-order valence-electron chi connectivity index (χ1n) is 6.72. The monoisotopic (exact) mass is 287 g/mol. The SMILES string of the molecule is CC(C)N(C)CCCCOCc1cc(Cl)ccc1F. The van der Waals surface area contributed by atoms with Crippen LogP contribution in [0.1, 0.15) is 32.3 Å². The van der Waals surface area contributed by atoms with Crippen LogP contribution >= 0.6 is 11.6 Å². The van der Waals surface area contributed by atoms with Gasteiger partial charge in [0.15, 0.2) is 0 Å². The summed E-state index contributed by atoms with van der Waals surface area (Å²) in [5.74, 6) is -0.260. The van der Waals surface area contributed by atoms with Gasteiger partial charge in [0.25, 0.3) is 0 Å². The minimum absolute atomic E-state index is 0.260. The first kappa shape index (κ1) is 16.4. The summed E-state index contributed by atoms with van der Waals surface area (Å²) in [6.07, 6.45) is 2.08. The van der Waals surface area contributed by atoms with Gasteiger partial charge in [0.1, 0.15) is 5.82 Å². The van der Waals surface area contributed by atoms with Gasteiger partial charge in [0.05, 0.1) is 6.61 Å². The van der Waals surface area contributed by atoms with Crippen molar-refractivity contribution < 1.29 is 9.13 Å². The smallest absolute Gasteiger partial charge is 0.128 e. The molecule has 108 valence electrons. The van der Waals surface area contributed by atoms with E-state index in [1.165, 1.54) is 6.07 Å². The van der Waals surface area contributed by atoms with E-state index in [-0.39, 0.29) is 12.4 Å². The molecule has 0 spiro atoms. The van der Waals surface area contributed by atoms with Crippen molar-refractivity contribution in [2.24, 2.45) is 0 Å². The quantitative estimate of drug-likeness (QED) is 0.667. The lowest BCUT2D eigenvalue weighted by atomic mass is 10.2. The zero-order valence-electron chi connectivity index (χ0n) is 12.0. The summed E-state index contributed by atoms with van der Waals surface area (Å²) >= 11 is 5.82. The third kappa shape index (κ3) is 6.37. The summed E-state index contributed by atoms with van der Waals surface area (Å²) in [6.45, 7) is 6.35. The minimum atomic E-state index is -0.260. The zero-order valence-corrected chi connectivity index (χ0v) is 12.7. The summed E-state index contributed by atoms with van der Waals surface area (Å²) in [4.78, 5) is 2.30. The molecule has 0 aliphatic heterocycles. The Morgan fingerprint density at radius 2 is 2.05 bits per heavy atom. The second kappa shape index (κ2) is 8.51. The van der Waals surface area contributed by atoms with Gasteiger partial charge in [-0.1, -0.05) is 11.6 Å². The third-order valence-corrected chi connectivity index (χ3v) is 3.43. The third-order valence-electron chi connectivity index (χ3n) is 3.20. The van der Waals surface area contributed by atoms with Gasteiger partial charge < -0.3 is 9.64 Å². The van der Waals surface area contributed by atoms with Gasteiger partial charge in [0.2, 0.25) is 0 Å². The molecule has 0 aliphatic rings. The number of rotatable bonds is 8. The molecule has 0 saturated carbocycles. The van der Waals surface area contributed by atoms with E-state index in [1.54, 1.807) is 12.1 Å². The molecule has 0 amide bonds. The zero-order chi connectivity index (χ0) is 14.3. The highest BCUT2D eigenvalue weighted by molar-refractivity contribution is 6.30. The van der Waals surface area contributed by atoms with Crippen LogP contribution in [0.25, 0.3) is 0 Å². The topological polar surface area (TPSA) is 12.5 Å². The molecule has 4 heteroatoms. The molecule has 0 unspecified atom stereocenters. The molecule has 1 rings (SSSR count). The van der Waals surface area contributed by atoms with E-state index in [1.807, 2.05) is 0 Å². The van der Waals surface area contributed by atoms with Crippen LogP contribution in [0.4, 0.5) is 4.39 Å². The number of hydrogen-bond donors (Lipinski definition) is 0. The Hall–Kier alpha value is -0.640. The standard InChI is InChI=1S/C15H23ClFNO/c1-12(2)18(3)8-4-5-9-19-11-13-10-14(16)6-7-15(13)17/h6-7,10,12H,4-5,8-9,11H2,1-3H3. The molecule has 1 aromatic carbocycles. The van der Waals surface area contributed by atoms with E-state index < -0.39 is 0 Å². The number of unbranched alkanes of at least 4 members (excludes halogenated alkanes) is 1. The van der Waals surface area contributed by atoms with Crippen LogP contribution in [0.5, 0.6) is 0 Å². The summed E-state index contributed by atoms with van der Waals surface area (Å²) in [5.41, 5.74) is 0.520. The van der Waals surface area contributed by atoms with E-state index in [0.717, 1.165) is 19.4 Å². The molecule has 0 aliphatic carbocycles. The lowest BCUT2D eigenvalue weighted by Crippen LogP contribution is -2.27. The molecule has 0 N–H and O–H groups in total. The first-order valence-corrected chi connectivity index (χ1v) is 7.10. The molecule has 0 saturated heterocycles. The summed E-state index contributed by atoms with van der Waals surface area (Å²) < 4.78 is 18.9. The second-order valence-electron chi connectivity index (χ2n) is 5.07. The van der Waals surface area contributed by atoms with Gasteiger partial charge >= 0.3 is 0 Å². The Morgan fingerprint density at radius 3 is 2.74 bits per heavy atom. The van der Waals surface area contributed by atoms with Crippen LogP contribution in [-0.2, 0) is 11.3 Å². The van der Waals surface area contributed by atoms with Crippen molar-refractivity contribution in [3.63, 3.8) is 0 Å². The van der Waals surface area contributed by atoms with Crippen molar-refractivity contribution in [3.8, 4) is 0 Å². The molecule has 1 aromatic rings. The Labute approximate surface area is 120 Å². The molecule has 0 heterocycles. The molecule has 0 bridgehead atoms. The minimum Gasteiger partial charge on any atom is -0.377 e. The molecule has 0 aromatic heterocycles. The number of nitrogens with zero attached hydrogens (tertiary/aromatic N) is 1. The first-order chi connectivity index (χ1) is 9.00. The fourth-order valence-electron chi connectivity index (χ4n) is 1.66. The van der Waals surface area contributed by atoms with Crippen molar-refractivity contribution in [1.82, 2.24) is 4.90 Å². The lowest BCUT2D eigenvalue weighted by molar-refractivity contribution is 0.112. The van der Waals surface area contributed by atoms with Gasteiger partial charge in [-0.3, -0.25) is 0 Å². The fraction of sp³-hybridized carbons (Fsp3) is 0.600. The molecular formula is C15H23ClFNO. The Kier molecular flexibility index (Phi) is 7.36. The molecule has 19 heavy (non-hydrogen) atoms. The molecular weight excluding hydrogens is 265 g/mol. The van der Waals surface area contributed by atoms with E-state index in [0.29, 0.717) is 23.2 Å². The summed E-state index contributed by atoms with van der Waals surface area (Å²) in [5, 5.41) is 0.540. The van der Waals surface area contributed by atoms with Crippen molar-refractivity contribution in [3.05, 3.63) is 34.6 Å². The van der Waals surface area contributed by atoms with E-state index in [2.05, 4.69) is 25.8 Å². The van der Waals surface area contributed by atoms with Crippen molar-refractivity contribution in [1.29, 1.82) is 0 Å². The predicted molar refractivity (Wildman–Crippen MR) is 78.1 cm³/mol. The Bertz CT molecular complexity index is 384. The maximum absolute atomic E-state index is 13.4. The van der Waals surface area contributed by atoms with Crippen LogP contribution < -0.4 is 0 Å². The maximum atomic E-state index is 13.4.